The molecule has 1 saturated heterocycles. The van der Waals surface area contributed by atoms with Crippen molar-refractivity contribution in [1.82, 2.24) is 10.3 Å². The maximum atomic E-state index is 12.0. The van der Waals surface area contributed by atoms with Crippen molar-refractivity contribution in [2.24, 2.45) is 11.7 Å². The van der Waals surface area contributed by atoms with Crippen LogP contribution in [0.4, 0.5) is 0 Å². The molecule has 0 aromatic carbocycles. The van der Waals surface area contributed by atoms with Gasteiger partial charge >= 0.3 is 0 Å². The molecule has 21 heavy (non-hydrogen) atoms. The summed E-state index contributed by atoms with van der Waals surface area (Å²) in [6.45, 7) is 3.81. The summed E-state index contributed by atoms with van der Waals surface area (Å²) in [5, 5.41) is 2.87. The number of pyridine rings is 1. The number of halogens is 2. The number of carbonyl (C=O) groups is 1. The van der Waals surface area contributed by atoms with Crippen molar-refractivity contribution in [1.29, 1.82) is 0 Å². The highest BCUT2D eigenvalue weighted by Crippen LogP contribution is 2.17. The average molecular weight is 336 g/mol. The lowest BCUT2D eigenvalue weighted by atomic mass is 9.92. The summed E-state index contributed by atoms with van der Waals surface area (Å²) >= 11 is 0. The molecule has 1 unspecified atom stereocenters. The van der Waals surface area contributed by atoms with Crippen molar-refractivity contribution in [2.75, 3.05) is 13.2 Å². The van der Waals surface area contributed by atoms with E-state index in [0.29, 0.717) is 19.8 Å². The van der Waals surface area contributed by atoms with E-state index in [1.807, 2.05) is 19.1 Å². The molecular formula is C14H23Cl2N3O2. The first-order valence-corrected chi connectivity index (χ1v) is 6.70. The van der Waals surface area contributed by atoms with Crippen LogP contribution in [0.2, 0.25) is 0 Å². The maximum Gasteiger partial charge on any atom is 0.237 e. The van der Waals surface area contributed by atoms with Crippen molar-refractivity contribution in [3.05, 3.63) is 29.6 Å². The average Bonchev–Trinajstić information content (AvgIpc) is 2.46. The molecule has 1 aromatic rings. The van der Waals surface area contributed by atoms with Crippen LogP contribution < -0.4 is 11.1 Å². The molecule has 0 radical (unpaired) electrons. The van der Waals surface area contributed by atoms with E-state index in [0.717, 1.165) is 24.1 Å². The van der Waals surface area contributed by atoms with Crippen molar-refractivity contribution < 1.29 is 9.53 Å². The molecule has 3 N–H and O–H groups in total. The Morgan fingerprint density at radius 2 is 2.14 bits per heavy atom. The summed E-state index contributed by atoms with van der Waals surface area (Å²) in [5.74, 6) is 0.121. The molecule has 1 aliphatic heterocycles. The van der Waals surface area contributed by atoms with Crippen LogP contribution in [-0.2, 0) is 16.1 Å². The minimum atomic E-state index is -0.451. The molecule has 5 nitrogen and oxygen atoms in total. The molecule has 7 heteroatoms. The molecule has 2 rings (SSSR count). The Hall–Kier alpha value is -0.880. The van der Waals surface area contributed by atoms with Gasteiger partial charge < -0.3 is 15.8 Å². The second kappa shape index (κ2) is 9.95. The Kier molecular flexibility index (Phi) is 9.53. The molecule has 120 valence electrons. The molecule has 0 aliphatic carbocycles. The molecule has 1 aliphatic rings. The molecule has 1 aromatic heterocycles. The van der Waals surface area contributed by atoms with Crippen LogP contribution in [-0.4, -0.2) is 30.1 Å². The lowest BCUT2D eigenvalue weighted by Gasteiger charge is -2.26. The minimum Gasteiger partial charge on any atom is -0.381 e. The number of hydrogen-bond acceptors (Lipinski definition) is 4. The summed E-state index contributed by atoms with van der Waals surface area (Å²) in [4.78, 5) is 16.3. The summed E-state index contributed by atoms with van der Waals surface area (Å²) in [7, 11) is 0. The van der Waals surface area contributed by atoms with Gasteiger partial charge in [0.15, 0.2) is 0 Å². The molecule has 0 saturated carbocycles. The summed E-state index contributed by atoms with van der Waals surface area (Å²) < 4.78 is 5.28. The van der Waals surface area contributed by atoms with E-state index in [9.17, 15) is 4.79 Å². The molecule has 0 spiro atoms. The highest BCUT2D eigenvalue weighted by atomic mass is 35.5. The van der Waals surface area contributed by atoms with E-state index in [1.54, 1.807) is 6.20 Å². The van der Waals surface area contributed by atoms with Crippen molar-refractivity contribution >= 4 is 30.7 Å². The predicted octanol–water partition coefficient (Wildman–Crippen LogP) is 1.60. The largest absolute Gasteiger partial charge is 0.381 e. The van der Waals surface area contributed by atoms with Gasteiger partial charge in [-0.15, -0.1) is 24.8 Å². The minimum absolute atomic E-state index is 0. The zero-order valence-corrected chi connectivity index (χ0v) is 13.7. The Morgan fingerprint density at radius 3 is 2.76 bits per heavy atom. The zero-order valence-electron chi connectivity index (χ0n) is 12.1. The van der Waals surface area contributed by atoms with Gasteiger partial charge in [-0.25, -0.2) is 0 Å². The number of nitrogens with zero attached hydrogens (tertiary/aromatic N) is 1. The van der Waals surface area contributed by atoms with Gasteiger partial charge in [0.2, 0.25) is 5.91 Å². The lowest BCUT2D eigenvalue weighted by Crippen LogP contribution is -2.46. The number of ether oxygens (including phenoxy) is 1. The fourth-order valence-electron chi connectivity index (χ4n) is 2.28. The van der Waals surface area contributed by atoms with Crippen LogP contribution in [0.1, 0.15) is 24.1 Å². The maximum absolute atomic E-state index is 12.0. The van der Waals surface area contributed by atoms with E-state index in [-0.39, 0.29) is 36.6 Å². The van der Waals surface area contributed by atoms with Crippen molar-refractivity contribution in [2.45, 2.75) is 32.4 Å². The highest BCUT2D eigenvalue weighted by Gasteiger charge is 2.26. The summed E-state index contributed by atoms with van der Waals surface area (Å²) in [6, 6.07) is 3.41. The van der Waals surface area contributed by atoms with Gasteiger partial charge in [-0.05, 0) is 37.3 Å². The lowest BCUT2D eigenvalue weighted by molar-refractivity contribution is -0.124. The fourth-order valence-corrected chi connectivity index (χ4v) is 2.28. The van der Waals surface area contributed by atoms with E-state index in [2.05, 4.69) is 10.3 Å². The first-order chi connectivity index (χ1) is 9.18. The smallest absolute Gasteiger partial charge is 0.237 e. The molecule has 0 bridgehead atoms. The number of carbonyl (C=O) groups excluding carboxylic acids is 1. The molecule has 1 atom stereocenters. The number of amides is 1. The van der Waals surface area contributed by atoms with Crippen LogP contribution in [0.5, 0.6) is 0 Å². The van der Waals surface area contributed by atoms with Crippen molar-refractivity contribution in [3.63, 3.8) is 0 Å². The predicted molar refractivity (Wildman–Crippen MR) is 86.8 cm³/mol. The second-order valence-electron chi connectivity index (χ2n) is 4.96. The van der Waals surface area contributed by atoms with Gasteiger partial charge in [-0.3, -0.25) is 9.78 Å². The number of aryl methyl sites for hydroxylation is 1. The monoisotopic (exact) mass is 335 g/mol. The molecule has 1 fully saturated rings. The molecule has 1 amide bonds. The number of hydrogen-bond donors (Lipinski definition) is 2. The SMILES string of the molecule is Cc1cccnc1CNC(=O)C(N)C1CCOCC1.Cl.Cl. The van der Waals surface area contributed by atoms with Crippen LogP contribution >= 0.6 is 24.8 Å². The first-order valence-electron chi connectivity index (χ1n) is 6.70. The summed E-state index contributed by atoms with van der Waals surface area (Å²) in [5.41, 5.74) is 7.96. The Balaban J connectivity index is 0.00000200. The first kappa shape index (κ1) is 20.1. The van der Waals surface area contributed by atoms with Crippen molar-refractivity contribution in [3.8, 4) is 0 Å². The number of nitrogens with two attached hydrogens (primary N) is 1. The Labute approximate surface area is 137 Å². The topological polar surface area (TPSA) is 77.2 Å². The van der Waals surface area contributed by atoms with Gasteiger partial charge in [0.1, 0.15) is 0 Å². The third-order valence-electron chi connectivity index (χ3n) is 3.62. The zero-order chi connectivity index (χ0) is 13.7. The summed E-state index contributed by atoms with van der Waals surface area (Å²) in [6.07, 6.45) is 3.45. The second-order valence-corrected chi connectivity index (χ2v) is 4.96. The highest BCUT2D eigenvalue weighted by molar-refractivity contribution is 5.85. The van der Waals surface area contributed by atoms with Gasteiger partial charge in [-0.2, -0.15) is 0 Å². The quantitative estimate of drug-likeness (QED) is 0.876. The third-order valence-corrected chi connectivity index (χ3v) is 3.62. The van der Waals surface area contributed by atoms with E-state index in [4.69, 9.17) is 10.5 Å². The van der Waals surface area contributed by atoms with E-state index < -0.39 is 6.04 Å². The number of aromatic nitrogens is 1. The van der Waals surface area contributed by atoms with Gasteiger partial charge in [0.25, 0.3) is 0 Å². The standard InChI is InChI=1S/C14H21N3O2.2ClH/c1-10-3-2-6-16-12(10)9-17-14(18)13(15)11-4-7-19-8-5-11;;/h2-3,6,11,13H,4-5,7-9,15H2,1H3,(H,17,18);2*1H. The van der Waals surface area contributed by atoms with Crippen LogP contribution in [0.25, 0.3) is 0 Å². The van der Waals surface area contributed by atoms with Gasteiger partial charge in [0.05, 0.1) is 18.3 Å². The van der Waals surface area contributed by atoms with E-state index >= 15 is 0 Å². The fraction of sp³-hybridized carbons (Fsp3) is 0.571. The molecular weight excluding hydrogens is 313 g/mol. The van der Waals surface area contributed by atoms with Crippen LogP contribution in [0.3, 0.4) is 0 Å². The third kappa shape index (κ3) is 5.79. The normalized spacial score (nSPS) is 16.3. The van der Waals surface area contributed by atoms with Gasteiger partial charge in [-0.1, -0.05) is 6.07 Å². The van der Waals surface area contributed by atoms with Crippen LogP contribution in [0.15, 0.2) is 18.3 Å². The van der Waals surface area contributed by atoms with Crippen LogP contribution in [0, 0.1) is 12.8 Å². The molecule has 2 heterocycles. The Bertz CT molecular complexity index is 440. The number of nitrogens with one attached hydrogen (secondary N) is 1. The van der Waals surface area contributed by atoms with Gasteiger partial charge in [0, 0.05) is 19.4 Å². The van der Waals surface area contributed by atoms with E-state index in [1.165, 1.54) is 0 Å². The number of rotatable bonds is 4. The Morgan fingerprint density at radius 1 is 1.48 bits per heavy atom.